The Hall–Kier alpha value is -4.93. The fourth-order valence-corrected chi connectivity index (χ4v) is 3.08. The fraction of sp³-hybridized carbons (Fsp3) is 0.222. The number of nitrogens with zero attached hydrogens (tertiary/aromatic N) is 2. The predicted molar refractivity (Wildman–Crippen MR) is 139 cm³/mol. The third kappa shape index (κ3) is 7.79. The van der Waals surface area contributed by atoms with E-state index in [9.17, 15) is 19.7 Å². The molecule has 0 aliphatic carbocycles. The highest BCUT2D eigenvalue weighted by Crippen LogP contribution is 2.28. The summed E-state index contributed by atoms with van der Waals surface area (Å²) in [4.78, 5) is 35.0. The normalized spacial score (nSPS) is 11.4. The first-order valence-corrected chi connectivity index (χ1v) is 11.7. The molecule has 38 heavy (non-hydrogen) atoms. The van der Waals surface area contributed by atoms with Gasteiger partial charge in [-0.1, -0.05) is 6.92 Å². The van der Waals surface area contributed by atoms with Gasteiger partial charge in [0.15, 0.2) is 17.6 Å². The van der Waals surface area contributed by atoms with E-state index in [0.717, 1.165) is 6.42 Å². The third-order valence-electron chi connectivity index (χ3n) is 5.07. The molecule has 3 aromatic carbocycles. The Morgan fingerprint density at radius 2 is 1.71 bits per heavy atom. The average molecular weight is 522 g/mol. The van der Waals surface area contributed by atoms with Crippen molar-refractivity contribution in [3.63, 3.8) is 0 Å². The number of hydrazone groups is 1. The number of esters is 1. The molecule has 11 nitrogen and oxygen atoms in total. The number of nitrogens with one attached hydrogen (secondary N) is 1. The van der Waals surface area contributed by atoms with Crippen molar-refractivity contribution in [2.45, 2.75) is 26.4 Å². The van der Waals surface area contributed by atoms with Gasteiger partial charge in [0.05, 0.1) is 30.4 Å². The lowest BCUT2D eigenvalue weighted by atomic mass is 10.2. The number of hydrogen-bond donors (Lipinski definition) is 1. The zero-order valence-corrected chi connectivity index (χ0v) is 21.1. The Bertz CT molecular complexity index is 1290. The number of nitro groups is 1. The second-order valence-corrected chi connectivity index (χ2v) is 7.92. The van der Waals surface area contributed by atoms with E-state index in [1.54, 1.807) is 42.5 Å². The number of methoxy groups -OCH3 is 1. The van der Waals surface area contributed by atoms with Crippen molar-refractivity contribution in [1.82, 2.24) is 5.43 Å². The summed E-state index contributed by atoms with van der Waals surface area (Å²) in [5, 5.41) is 14.6. The third-order valence-corrected chi connectivity index (χ3v) is 5.07. The molecule has 0 bridgehead atoms. The number of hydrogen-bond acceptors (Lipinski definition) is 9. The molecule has 1 atom stereocenters. The zero-order chi connectivity index (χ0) is 27.5. The summed E-state index contributed by atoms with van der Waals surface area (Å²) in [6.45, 7) is 4.12. The van der Waals surface area contributed by atoms with Crippen molar-refractivity contribution in [1.29, 1.82) is 0 Å². The summed E-state index contributed by atoms with van der Waals surface area (Å²) < 4.78 is 21.8. The molecule has 11 heteroatoms. The lowest BCUT2D eigenvalue weighted by Crippen LogP contribution is -2.33. The molecule has 0 fully saturated rings. The predicted octanol–water partition coefficient (Wildman–Crippen LogP) is 4.53. The molecular formula is C27H27N3O8. The first-order valence-electron chi connectivity index (χ1n) is 11.7. The van der Waals surface area contributed by atoms with Crippen LogP contribution >= 0.6 is 0 Å². The van der Waals surface area contributed by atoms with Crippen LogP contribution in [0, 0.1) is 10.1 Å². The van der Waals surface area contributed by atoms with E-state index in [0.29, 0.717) is 35.0 Å². The second-order valence-electron chi connectivity index (χ2n) is 7.92. The first kappa shape index (κ1) is 27.7. The van der Waals surface area contributed by atoms with E-state index in [1.165, 1.54) is 44.5 Å². The minimum absolute atomic E-state index is 0.0816. The maximum atomic E-state index is 12.5. The lowest BCUT2D eigenvalue weighted by molar-refractivity contribution is -0.384. The molecule has 198 valence electrons. The number of ether oxygens (including phenoxy) is 4. The Morgan fingerprint density at radius 1 is 1.03 bits per heavy atom. The second kappa shape index (κ2) is 13.4. The van der Waals surface area contributed by atoms with Gasteiger partial charge in [-0.2, -0.15) is 5.10 Å². The minimum Gasteiger partial charge on any atom is -0.494 e. The summed E-state index contributed by atoms with van der Waals surface area (Å²) >= 11 is 0. The highest BCUT2D eigenvalue weighted by molar-refractivity contribution is 5.92. The number of amides is 1. The molecule has 0 heterocycles. The van der Waals surface area contributed by atoms with Crippen molar-refractivity contribution in [3.05, 3.63) is 88.0 Å². The molecule has 0 saturated carbocycles. The summed E-state index contributed by atoms with van der Waals surface area (Å²) in [6.07, 6.45) is 1.37. The van der Waals surface area contributed by atoms with Gasteiger partial charge in [-0.05, 0) is 73.5 Å². The van der Waals surface area contributed by atoms with Crippen molar-refractivity contribution in [3.8, 4) is 23.0 Å². The van der Waals surface area contributed by atoms with Gasteiger partial charge in [0.25, 0.3) is 11.6 Å². The standard InChI is InChI=1S/C27H27N3O8/c1-4-15-36-22-10-6-20(7-11-22)27(32)38-24-14-5-19(16-25(24)35-3)17-28-29-26(31)18(2)37-23-12-8-21(9-13-23)30(33)34/h5-14,16-18H,4,15H2,1-3H3,(H,29,31)/b28-17-/t18-/m1/s1. The van der Waals surface area contributed by atoms with Crippen LogP contribution in [0.4, 0.5) is 5.69 Å². The number of nitro benzene ring substituents is 1. The van der Waals surface area contributed by atoms with Gasteiger partial charge in [0.1, 0.15) is 11.5 Å². The van der Waals surface area contributed by atoms with E-state index < -0.39 is 22.9 Å². The molecule has 0 spiro atoms. The maximum absolute atomic E-state index is 12.5. The van der Waals surface area contributed by atoms with Gasteiger partial charge >= 0.3 is 5.97 Å². The summed E-state index contributed by atoms with van der Waals surface area (Å²) in [5.74, 6) is 0.410. The minimum atomic E-state index is -0.905. The molecule has 0 radical (unpaired) electrons. The Balaban J connectivity index is 1.56. The van der Waals surface area contributed by atoms with Crippen molar-refractivity contribution < 1.29 is 33.5 Å². The molecule has 1 N–H and O–H groups in total. The Kier molecular flexibility index (Phi) is 9.75. The SMILES string of the molecule is CCCOc1ccc(C(=O)Oc2ccc(/C=N\NC(=O)[C@@H](C)Oc3ccc([N+](=O)[O-])cc3)cc2OC)cc1. The Morgan fingerprint density at radius 3 is 2.34 bits per heavy atom. The van der Waals surface area contributed by atoms with Crippen LogP contribution in [0.25, 0.3) is 0 Å². The molecule has 0 saturated heterocycles. The molecule has 3 rings (SSSR count). The maximum Gasteiger partial charge on any atom is 0.343 e. The van der Waals surface area contributed by atoms with E-state index in [1.807, 2.05) is 6.92 Å². The van der Waals surface area contributed by atoms with Crippen LogP contribution in [-0.4, -0.2) is 42.8 Å². The average Bonchev–Trinajstić information content (AvgIpc) is 2.93. The van der Waals surface area contributed by atoms with Crippen LogP contribution in [0.3, 0.4) is 0 Å². The molecule has 0 aliphatic heterocycles. The highest BCUT2D eigenvalue weighted by atomic mass is 16.6. The van der Waals surface area contributed by atoms with Crippen LogP contribution in [0.5, 0.6) is 23.0 Å². The van der Waals surface area contributed by atoms with Gasteiger partial charge in [-0.3, -0.25) is 14.9 Å². The molecular weight excluding hydrogens is 494 g/mol. The smallest absolute Gasteiger partial charge is 0.343 e. The summed E-state index contributed by atoms with van der Waals surface area (Å²) in [6, 6.07) is 16.8. The number of carbonyl (C=O) groups excluding carboxylic acids is 2. The number of benzene rings is 3. The zero-order valence-electron chi connectivity index (χ0n) is 21.1. The topological polar surface area (TPSA) is 139 Å². The fourth-order valence-electron chi connectivity index (χ4n) is 3.08. The molecule has 0 aromatic heterocycles. The van der Waals surface area contributed by atoms with Gasteiger partial charge < -0.3 is 18.9 Å². The molecule has 1 amide bonds. The van der Waals surface area contributed by atoms with Gasteiger partial charge in [0, 0.05) is 12.1 Å². The largest absolute Gasteiger partial charge is 0.494 e. The molecule has 0 unspecified atom stereocenters. The van der Waals surface area contributed by atoms with E-state index in [4.69, 9.17) is 18.9 Å². The number of carbonyl (C=O) groups is 2. The van der Waals surface area contributed by atoms with Gasteiger partial charge in [-0.15, -0.1) is 0 Å². The first-order chi connectivity index (χ1) is 18.3. The molecule has 0 aliphatic rings. The highest BCUT2D eigenvalue weighted by Gasteiger charge is 2.16. The van der Waals surface area contributed by atoms with Crippen molar-refractivity contribution in [2.24, 2.45) is 5.10 Å². The van der Waals surface area contributed by atoms with E-state index >= 15 is 0 Å². The summed E-state index contributed by atoms with van der Waals surface area (Å²) in [7, 11) is 1.44. The van der Waals surface area contributed by atoms with E-state index in [-0.39, 0.29) is 11.4 Å². The van der Waals surface area contributed by atoms with Crippen LogP contribution < -0.4 is 24.4 Å². The van der Waals surface area contributed by atoms with E-state index in [2.05, 4.69) is 10.5 Å². The van der Waals surface area contributed by atoms with Crippen LogP contribution in [0.1, 0.15) is 36.2 Å². The summed E-state index contributed by atoms with van der Waals surface area (Å²) in [5.41, 5.74) is 3.21. The Labute approximate surface area is 219 Å². The molecule has 3 aromatic rings. The quantitative estimate of drug-likeness (QED) is 0.121. The van der Waals surface area contributed by atoms with Crippen molar-refractivity contribution in [2.75, 3.05) is 13.7 Å². The number of non-ortho nitro benzene ring substituents is 1. The van der Waals surface area contributed by atoms with Gasteiger partial charge in [0.2, 0.25) is 0 Å². The van der Waals surface area contributed by atoms with Gasteiger partial charge in [-0.25, -0.2) is 10.2 Å². The van der Waals surface area contributed by atoms with Crippen LogP contribution in [0.2, 0.25) is 0 Å². The monoisotopic (exact) mass is 521 g/mol. The van der Waals surface area contributed by atoms with Crippen LogP contribution in [0.15, 0.2) is 71.8 Å². The lowest BCUT2D eigenvalue weighted by Gasteiger charge is -2.12. The van der Waals surface area contributed by atoms with Crippen molar-refractivity contribution >= 4 is 23.8 Å². The number of rotatable bonds is 12. The van der Waals surface area contributed by atoms with Crippen LogP contribution in [-0.2, 0) is 4.79 Å².